The number of benzene rings is 2. The zero-order chi connectivity index (χ0) is 24.6. The molecule has 3 heterocycles. The van der Waals surface area contributed by atoms with Crippen LogP contribution in [0.25, 0.3) is 22.4 Å². The predicted molar refractivity (Wildman–Crippen MR) is 131 cm³/mol. The smallest absolute Gasteiger partial charge is 0.339 e. The van der Waals surface area contributed by atoms with E-state index >= 15 is 0 Å². The Morgan fingerprint density at radius 2 is 1.91 bits per heavy atom. The van der Waals surface area contributed by atoms with Crippen LogP contribution in [-0.4, -0.2) is 44.1 Å². The first kappa shape index (κ1) is 22.8. The average Bonchev–Trinajstić information content (AvgIpc) is 3.56. The molecular formula is C26H22N2O6S. The summed E-state index contributed by atoms with van der Waals surface area (Å²) in [6.07, 6.45) is 2.05. The van der Waals surface area contributed by atoms with Crippen LogP contribution >= 0.6 is 0 Å². The molecule has 0 spiro atoms. The van der Waals surface area contributed by atoms with E-state index in [0.717, 1.165) is 5.56 Å². The molecular weight excluding hydrogens is 468 g/mol. The maximum Gasteiger partial charge on any atom is 0.339 e. The van der Waals surface area contributed by atoms with E-state index in [4.69, 9.17) is 9.15 Å². The fourth-order valence-corrected chi connectivity index (χ4v) is 5.34. The summed E-state index contributed by atoms with van der Waals surface area (Å²) in [5, 5.41) is 0.606. The van der Waals surface area contributed by atoms with Gasteiger partial charge in [-0.25, -0.2) is 18.2 Å². The summed E-state index contributed by atoms with van der Waals surface area (Å²) in [4.78, 5) is 30.3. The van der Waals surface area contributed by atoms with Crippen molar-refractivity contribution in [2.45, 2.75) is 13.3 Å². The van der Waals surface area contributed by atoms with Crippen molar-refractivity contribution in [2.75, 3.05) is 23.2 Å². The largest absolute Gasteiger partial charge is 0.463 e. The number of sulfonamides is 1. The number of furan rings is 1. The summed E-state index contributed by atoms with van der Waals surface area (Å²) in [7, 11) is -3.37. The Labute approximate surface area is 202 Å². The lowest BCUT2D eigenvalue weighted by Crippen LogP contribution is -2.30. The number of hydrogen-bond acceptors (Lipinski definition) is 7. The Hall–Kier alpha value is -3.98. The third-order valence-corrected chi connectivity index (χ3v) is 7.78. The molecule has 1 aliphatic heterocycles. The molecule has 178 valence electrons. The summed E-state index contributed by atoms with van der Waals surface area (Å²) in [5.74, 6) is -0.499. The van der Waals surface area contributed by atoms with Gasteiger partial charge in [-0.05, 0) is 61.4 Å². The minimum atomic E-state index is -3.37. The van der Waals surface area contributed by atoms with E-state index in [1.165, 1.54) is 10.6 Å². The van der Waals surface area contributed by atoms with Gasteiger partial charge in [-0.1, -0.05) is 18.2 Å². The molecule has 2 aromatic carbocycles. The molecule has 0 bridgehead atoms. The normalized spacial score (nSPS) is 13.1. The van der Waals surface area contributed by atoms with Crippen molar-refractivity contribution >= 4 is 38.4 Å². The Balaban J connectivity index is 1.35. The van der Waals surface area contributed by atoms with Crippen molar-refractivity contribution < 1.29 is 27.2 Å². The van der Waals surface area contributed by atoms with Gasteiger partial charge < -0.3 is 9.15 Å². The maximum absolute atomic E-state index is 13.0. The molecule has 0 radical (unpaired) electrons. The highest BCUT2D eigenvalue weighted by Gasteiger charge is 2.28. The fourth-order valence-electron chi connectivity index (χ4n) is 4.18. The van der Waals surface area contributed by atoms with Crippen LogP contribution in [0.5, 0.6) is 0 Å². The van der Waals surface area contributed by atoms with Gasteiger partial charge >= 0.3 is 5.97 Å². The van der Waals surface area contributed by atoms with E-state index in [9.17, 15) is 18.0 Å². The van der Waals surface area contributed by atoms with Crippen molar-refractivity contribution in [3.05, 3.63) is 83.6 Å². The predicted octanol–water partition coefficient (Wildman–Crippen LogP) is 4.25. The van der Waals surface area contributed by atoms with Crippen molar-refractivity contribution in [2.24, 2.45) is 0 Å². The lowest BCUT2D eigenvalue weighted by molar-refractivity contribution is 0.0476. The highest BCUT2D eigenvalue weighted by atomic mass is 32.2. The van der Waals surface area contributed by atoms with Crippen LogP contribution in [0.1, 0.15) is 33.2 Å². The standard InChI is InChI=1S/C26H22N2O6S/c1-2-35(31,32)28-12-11-17-14-18(9-10-23(17)28)24(29)16-34-26(30)20-15-22(25-8-5-13-33-25)27-21-7-4-3-6-19(20)21/h3-10,13-15H,2,11-12,16H2,1H3. The number of fused-ring (bicyclic) bond motifs is 2. The van der Waals surface area contributed by atoms with E-state index in [0.29, 0.717) is 46.6 Å². The van der Waals surface area contributed by atoms with Crippen LogP contribution in [0.2, 0.25) is 0 Å². The number of carbonyl (C=O) groups is 2. The van der Waals surface area contributed by atoms with E-state index in [-0.39, 0.29) is 17.1 Å². The third kappa shape index (κ3) is 4.30. The first-order valence-corrected chi connectivity index (χ1v) is 12.8. The molecule has 0 fully saturated rings. The summed E-state index contributed by atoms with van der Waals surface area (Å²) in [6.45, 7) is 1.51. The summed E-state index contributed by atoms with van der Waals surface area (Å²) < 4.78 is 36.7. The first-order valence-electron chi connectivity index (χ1n) is 11.1. The minimum absolute atomic E-state index is 0.00833. The lowest BCUT2D eigenvalue weighted by atomic mass is 10.1. The third-order valence-electron chi connectivity index (χ3n) is 6.00. The molecule has 0 amide bonds. The molecule has 35 heavy (non-hydrogen) atoms. The monoisotopic (exact) mass is 490 g/mol. The van der Waals surface area contributed by atoms with Gasteiger partial charge in [-0.15, -0.1) is 0 Å². The molecule has 0 unspecified atom stereocenters. The van der Waals surface area contributed by atoms with Gasteiger partial charge in [-0.3, -0.25) is 9.10 Å². The number of ether oxygens (including phenoxy) is 1. The van der Waals surface area contributed by atoms with Crippen molar-refractivity contribution in [3.8, 4) is 11.5 Å². The van der Waals surface area contributed by atoms with E-state index in [1.807, 2.05) is 6.07 Å². The van der Waals surface area contributed by atoms with Crippen molar-refractivity contribution in [3.63, 3.8) is 0 Å². The maximum atomic E-state index is 13.0. The van der Waals surface area contributed by atoms with E-state index in [1.54, 1.807) is 61.5 Å². The van der Waals surface area contributed by atoms with E-state index in [2.05, 4.69) is 4.98 Å². The van der Waals surface area contributed by atoms with E-state index < -0.39 is 22.6 Å². The molecule has 2 aromatic heterocycles. The number of carbonyl (C=O) groups excluding carboxylic acids is 2. The van der Waals surface area contributed by atoms with Crippen LogP contribution in [0, 0.1) is 0 Å². The number of anilines is 1. The number of rotatable bonds is 7. The van der Waals surface area contributed by atoms with Gasteiger partial charge in [0.05, 0.1) is 28.8 Å². The highest BCUT2D eigenvalue weighted by molar-refractivity contribution is 7.92. The Bertz CT molecular complexity index is 1540. The Morgan fingerprint density at radius 3 is 2.69 bits per heavy atom. The second-order valence-electron chi connectivity index (χ2n) is 8.12. The molecule has 0 N–H and O–H groups in total. The first-order chi connectivity index (χ1) is 16.9. The van der Waals surface area contributed by atoms with Crippen LogP contribution in [0.3, 0.4) is 0 Å². The Kier molecular flexibility index (Phi) is 5.86. The van der Waals surface area contributed by atoms with Gasteiger partial charge in [-0.2, -0.15) is 0 Å². The number of para-hydroxylation sites is 1. The Morgan fingerprint density at radius 1 is 1.09 bits per heavy atom. The second kappa shape index (κ2) is 8.99. The van der Waals surface area contributed by atoms with Gasteiger partial charge in [0.1, 0.15) is 5.69 Å². The quantitative estimate of drug-likeness (QED) is 0.282. The minimum Gasteiger partial charge on any atom is -0.463 e. The van der Waals surface area contributed by atoms with Crippen molar-refractivity contribution in [1.82, 2.24) is 4.98 Å². The zero-order valence-corrected chi connectivity index (χ0v) is 19.7. The number of pyridine rings is 1. The number of nitrogens with zero attached hydrogens (tertiary/aromatic N) is 2. The number of aromatic nitrogens is 1. The van der Waals surface area contributed by atoms with Crippen LogP contribution in [0.15, 0.2) is 71.3 Å². The van der Waals surface area contributed by atoms with Gasteiger partial charge in [0.15, 0.2) is 18.2 Å². The second-order valence-corrected chi connectivity index (χ2v) is 10.3. The number of esters is 1. The van der Waals surface area contributed by atoms with Crippen LogP contribution in [0.4, 0.5) is 5.69 Å². The molecule has 1 aliphatic rings. The molecule has 4 aromatic rings. The fraction of sp³-hybridized carbons (Fsp3) is 0.192. The summed E-state index contributed by atoms with van der Waals surface area (Å²) in [6, 6.07) is 17.1. The SMILES string of the molecule is CCS(=O)(=O)N1CCc2cc(C(=O)COC(=O)c3cc(-c4ccco4)nc4ccccc34)ccc21. The van der Waals surface area contributed by atoms with Gasteiger partial charge in [0.2, 0.25) is 10.0 Å². The molecule has 0 aliphatic carbocycles. The van der Waals surface area contributed by atoms with Gasteiger partial charge in [0, 0.05) is 17.5 Å². The summed E-state index contributed by atoms with van der Waals surface area (Å²) in [5.41, 5.74) is 3.10. The molecule has 9 heteroatoms. The number of ketones is 1. The van der Waals surface area contributed by atoms with Gasteiger partial charge in [0.25, 0.3) is 0 Å². The lowest BCUT2D eigenvalue weighted by Gasteiger charge is -2.18. The van der Waals surface area contributed by atoms with Crippen LogP contribution < -0.4 is 4.31 Å². The highest BCUT2D eigenvalue weighted by Crippen LogP contribution is 2.31. The number of Topliss-reactive ketones (excluding diaryl/α,β-unsaturated/α-hetero) is 1. The zero-order valence-electron chi connectivity index (χ0n) is 18.9. The molecule has 0 saturated heterocycles. The topological polar surface area (TPSA) is 107 Å². The number of hydrogen-bond donors (Lipinski definition) is 0. The summed E-state index contributed by atoms with van der Waals surface area (Å²) >= 11 is 0. The molecule has 0 atom stereocenters. The molecule has 5 rings (SSSR count). The van der Waals surface area contributed by atoms with Crippen molar-refractivity contribution in [1.29, 1.82) is 0 Å². The molecule has 0 saturated carbocycles. The molecule has 8 nitrogen and oxygen atoms in total. The van der Waals surface area contributed by atoms with Crippen LogP contribution in [-0.2, 0) is 21.2 Å². The average molecular weight is 491 g/mol.